The zero-order valence-electron chi connectivity index (χ0n) is 15.0. The smallest absolute Gasteiger partial charge is 0.261 e. The second kappa shape index (κ2) is 7.67. The monoisotopic (exact) mass is 384 g/mol. The molecule has 1 heterocycles. The fraction of sp³-hybridized carbons (Fsp3) is 0.150. The average molecular weight is 384 g/mol. The Morgan fingerprint density at radius 3 is 2.48 bits per heavy atom. The molecule has 3 rings (SSSR count). The summed E-state index contributed by atoms with van der Waals surface area (Å²) in [5.74, 6) is 0.356. The minimum absolute atomic E-state index is 0.0281. The number of amides is 1. The lowest BCUT2D eigenvalue weighted by molar-refractivity contribution is 0.0775. The third-order valence-corrected chi connectivity index (χ3v) is 5.39. The normalized spacial score (nSPS) is 11.2. The first-order valence-electron chi connectivity index (χ1n) is 8.32. The van der Waals surface area contributed by atoms with Crippen LogP contribution in [-0.4, -0.2) is 26.3 Å². The van der Waals surface area contributed by atoms with E-state index in [-0.39, 0.29) is 16.4 Å². The van der Waals surface area contributed by atoms with Crippen LogP contribution in [0.15, 0.2) is 76.2 Å². The minimum atomic E-state index is -3.80. The molecule has 3 aromatic rings. The van der Waals surface area contributed by atoms with Crippen molar-refractivity contribution in [3.63, 3.8) is 0 Å². The van der Waals surface area contributed by atoms with E-state index in [2.05, 4.69) is 4.72 Å². The van der Waals surface area contributed by atoms with Crippen molar-refractivity contribution in [1.29, 1.82) is 0 Å². The van der Waals surface area contributed by atoms with Crippen LogP contribution in [0, 0.1) is 6.92 Å². The van der Waals surface area contributed by atoms with E-state index in [0.717, 1.165) is 5.56 Å². The fourth-order valence-corrected chi connectivity index (χ4v) is 3.66. The highest BCUT2D eigenvalue weighted by Crippen LogP contribution is 2.19. The quantitative estimate of drug-likeness (QED) is 0.703. The van der Waals surface area contributed by atoms with E-state index in [9.17, 15) is 13.2 Å². The standard InChI is InChI=1S/C20H20N2O4S/c1-15-8-10-17(11-9-15)21-27(24,25)19-7-3-5-16(13-19)20(23)22(2)14-18-6-4-12-26-18/h3-13,21H,14H2,1-2H3. The molecule has 27 heavy (non-hydrogen) atoms. The van der Waals surface area contributed by atoms with Crippen molar-refractivity contribution in [2.75, 3.05) is 11.8 Å². The van der Waals surface area contributed by atoms with Crippen LogP contribution in [-0.2, 0) is 16.6 Å². The van der Waals surface area contributed by atoms with E-state index in [1.807, 2.05) is 19.1 Å². The van der Waals surface area contributed by atoms with E-state index in [1.54, 1.807) is 43.4 Å². The van der Waals surface area contributed by atoms with Crippen LogP contribution in [0.4, 0.5) is 5.69 Å². The van der Waals surface area contributed by atoms with E-state index in [4.69, 9.17) is 4.42 Å². The maximum Gasteiger partial charge on any atom is 0.261 e. The van der Waals surface area contributed by atoms with Crippen LogP contribution < -0.4 is 4.72 Å². The van der Waals surface area contributed by atoms with Crippen molar-refractivity contribution >= 4 is 21.6 Å². The van der Waals surface area contributed by atoms with Gasteiger partial charge in [-0.25, -0.2) is 8.42 Å². The number of sulfonamides is 1. The number of benzene rings is 2. The van der Waals surface area contributed by atoms with Crippen LogP contribution in [0.25, 0.3) is 0 Å². The molecule has 0 radical (unpaired) electrons. The van der Waals surface area contributed by atoms with Gasteiger partial charge in [0, 0.05) is 18.3 Å². The summed E-state index contributed by atoms with van der Waals surface area (Å²) in [5, 5.41) is 0. The highest BCUT2D eigenvalue weighted by molar-refractivity contribution is 7.92. The number of rotatable bonds is 6. The second-order valence-corrected chi connectivity index (χ2v) is 7.92. The van der Waals surface area contributed by atoms with Crippen molar-refractivity contribution < 1.29 is 17.6 Å². The molecule has 7 heteroatoms. The average Bonchev–Trinajstić information content (AvgIpc) is 3.16. The first-order valence-corrected chi connectivity index (χ1v) is 9.81. The Bertz CT molecular complexity index is 1030. The number of carbonyl (C=O) groups is 1. The largest absolute Gasteiger partial charge is 0.467 e. The summed E-state index contributed by atoms with van der Waals surface area (Å²) in [6.07, 6.45) is 1.54. The van der Waals surface area contributed by atoms with Crippen LogP contribution >= 0.6 is 0 Å². The van der Waals surface area contributed by atoms with Gasteiger partial charge < -0.3 is 9.32 Å². The Morgan fingerprint density at radius 1 is 1.07 bits per heavy atom. The predicted molar refractivity (Wildman–Crippen MR) is 103 cm³/mol. The second-order valence-electron chi connectivity index (χ2n) is 6.24. The number of aryl methyl sites for hydroxylation is 1. The van der Waals surface area contributed by atoms with Crippen molar-refractivity contribution in [3.8, 4) is 0 Å². The molecule has 0 aliphatic rings. The Morgan fingerprint density at radius 2 is 1.81 bits per heavy atom. The molecule has 0 atom stereocenters. The van der Waals surface area contributed by atoms with E-state index in [0.29, 0.717) is 18.0 Å². The third-order valence-electron chi connectivity index (χ3n) is 4.01. The molecule has 0 saturated heterocycles. The first-order chi connectivity index (χ1) is 12.8. The van der Waals surface area contributed by atoms with Crippen molar-refractivity contribution in [2.24, 2.45) is 0 Å². The summed E-state index contributed by atoms with van der Waals surface area (Å²) < 4.78 is 33.0. The van der Waals surface area contributed by atoms with Crippen molar-refractivity contribution in [1.82, 2.24) is 4.90 Å². The summed E-state index contributed by atoms with van der Waals surface area (Å²) in [5.41, 5.74) is 1.79. The number of nitrogens with zero attached hydrogens (tertiary/aromatic N) is 1. The van der Waals surface area contributed by atoms with Gasteiger partial charge in [0.2, 0.25) is 0 Å². The van der Waals surface area contributed by atoms with E-state index in [1.165, 1.54) is 23.3 Å². The Kier molecular flexibility index (Phi) is 5.32. The van der Waals surface area contributed by atoms with Gasteiger partial charge in [-0.1, -0.05) is 23.8 Å². The summed E-state index contributed by atoms with van der Waals surface area (Å²) in [4.78, 5) is 14.1. The molecule has 140 valence electrons. The lowest BCUT2D eigenvalue weighted by Gasteiger charge is -2.16. The van der Waals surface area contributed by atoms with Crippen molar-refractivity contribution in [2.45, 2.75) is 18.4 Å². The molecule has 1 amide bonds. The molecule has 6 nitrogen and oxygen atoms in total. The molecule has 1 N–H and O–H groups in total. The van der Waals surface area contributed by atoms with Crippen molar-refractivity contribution in [3.05, 3.63) is 83.8 Å². The Balaban J connectivity index is 1.79. The van der Waals surface area contributed by atoms with Gasteiger partial charge in [0.05, 0.1) is 17.7 Å². The number of furan rings is 1. The summed E-state index contributed by atoms with van der Waals surface area (Å²) in [6.45, 7) is 2.22. The predicted octanol–water partition coefficient (Wildman–Crippen LogP) is 3.66. The molecule has 1 aromatic heterocycles. The zero-order chi connectivity index (χ0) is 19.4. The molecule has 0 bridgehead atoms. The number of anilines is 1. The highest BCUT2D eigenvalue weighted by atomic mass is 32.2. The summed E-state index contributed by atoms with van der Waals surface area (Å²) >= 11 is 0. The van der Waals surface area contributed by atoms with Crippen LogP contribution in [0.5, 0.6) is 0 Å². The van der Waals surface area contributed by atoms with Gasteiger partial charge in [-0.15, -0.1) is 0 Å². The van der Waals surface area contributed by atoms with Crippen LogP contribution in [0.1, 0.15) is 21.7 Å². The molecular formula is C20H20N2O4S. The molecule has 0 aliphatic carbocycles. The lowest BCUT2D eigenvalue weighted by atomic mass is 10.2. The lowest BCUT2D eigenvalue weighted by Crippen LogP contribution is -2.26. The highest BCUT2D eigenvalue weighted by Gasteiger charge is 2.19. The van der Waals surface area contributed by atoms with Gasteiger partial charge in [-0.2, -0.15) is 0 Å². The van der Waals surface area contributed by atoms with Gasteiger partial charge in [-0.05, 0) is 49.4 Å². The third kappa shape index (κ3) is 4.57. The summed E-state index contributed by atoms with van der Waals surface area (Å²) in [6, 6.07) is 16.5. The summed E-state index contributed by atoms with van der Waals surface area (Å²) in [7, 11) is -2.16. The number of carbonyl (C=O) groups excluding carboxylic acids is 1. The van der Waals surface area contributed by atoms with Gasteiger partial charge in [0.25, 0.3) is 15.9 Å². The SMILES string of the molecule is Cc1ccc(NS(=O)(=O)c2cccc(C(=O)N(C)Cc3ccco3)c2)cc1. The minimum Gasteiger partial charge on any atom is -0.467 e. The Labute approximate surface area is 158 Å². The van der Waals surface area contributed by atoms with Gasteiger partial charge in [-0.3, -0.25) is 9.52 Å². The molecule has 0 fully saturated rings. The molecular weight excluding hydrogens is 364 g/mol. The van der Waals surface area contributed by atoms with E-state index >= 15 is 0 Å². The topological polar surface area (TPSA) is 79.6 Å². The molecule has 0 unspecified atom stereocenters. The zero-order valence-corrected chi connectivity index (χ0v) is 15.9. The number of hydrogen-bond acceptors (Lipinski definition) is 4. The molecule has 2 aromatic carbocycles. The number of nitrogens with one attached hydrogen (secondary N) is 1. The van der Waals surface area contributed by atoms with Gasteiger partial charge in [0.1, 0.15) is 5.76 Å². The van der Waals surface area contributed by atoms with Gasteiger partial charge >= 0.3 is 0 Å². The molecule has 0 saturated carbocycles. The number of hydrogen-bond donors (Lipinski definition) is 1. The van der Waals surface area contributed by atoms with E-state index < -0.39 is 10.0 Å². The van der Waals surface area contributed by atoms with Gasteiger partial charge in [0.15, 0.2) is 0 Å². The fourth-order valence-electron chi connectivity index (χ4n) is 2.56. The molecule has 0 aliphatic heterocycles. The maximum atomic E-state index is 12.6. The van der Waals surface area contributed by atoms with Crippen LogP contribution in [0.2, 0.25) is 0 Å². The Hall–Kier alpha value is -3.06. The molecule has 0 spiro atoms. The van der Waals surface area contributed by atoms with Crippen LogP contribution in [0.3, 0.4) is 0 Å². The maximum absolute atomic E-state index is 12.6. The first kappa shape index (κ1) is 18.7.